The van der Waals surface area contributed by atoms with Crippen molar-refractivity contribution in [2.45, 2.75) is 31.8 Å². The number of ether oxygens (including phenoxy) is 1. The lowest BCUT2D eigenvalue weighted by Crippen LogP contribution is -2.48. The highest BCUT2D eigenvalue weighted by Crippen LogP contribution is 2.21. The first-order valence-corrected chi connectivity index (χ1v) is 9.54. The Balaban J connectivity index is 1.40. The third-order valence-corrected chi connectivity index (χ3v) is 5.06. The van der Waals surface area contributed by atoms with E-state index < -0.39 is 0 Å². The van der Waals surface area contributed by atoms with E-state index in [0.29, 0.717) is 0 Å². The van der Waals surface area contributed by atoms with Gasteiger partial charge in [-0.25, -0.2) is 0 Å². The fraction of sp³-hybridized carbons (Fsp3) is 0.778. The number of morpholine rings is 1. The fourth-order valence-corrected chi connectivity index (χ4v) is 3.65. The molecular formula is C18H32N6O. The average molecular weight is 348 g/mol. The van der Waals surface area contributed by atoms with Crippen LogP contribution in [-0.4, -0.2) is 78.5 Å². The molecule has 1 N–H and O–H groups in total. The molecule has 25 heavy (non-hydrogen) atoms. The monoisotopic (exact) mass is 348 g/mol. The Morgan fingerprint density at radius 1 is 1.32 bits per heavy atom. The second-order valence-corrected chi connectivity index (χ2v) is 6.98. The first-order valence-electron chi connectivity index (χ1n) is 9.54. The molecule has 140 valence electrons. The van der Waals surface area contributed by atoms with Gasteiger partial charge in [-0.2, -0.15) is 5.10 Å². The van der Waals surface area contributed by atoms with Crippen LogP contribution >= 0.6 is 0 Å². The number of hydrogen-bond donors (Lipinski definition) is 1. The predicted octanol–water partition coefficient (Wildman–Crippen LogP) is 1.24. The maximum Gasteiger partial charge on any atom is 0.193 e. The third-order valence-electron chi connectivity index (χ3n) is 5.06. The minimum absolute atomic E-state index is 0.0659. The Labute approximate surface area is 151 Å². The van der Waals surface area contributed by atoms with E-state index in [1.165, 1.54) is 45.3 Å². The van der Waals surface area contributed by atoms with Crippen LogP contribution in [0.5, 0.6) is 0 Å². The number of aromatic nitrogens is 2. The first kappa shape index (κ1) is 18.2. The van der Waals surface area contributed by atoms with E-state index in [2.05, 4.69) is 25.2 Å². The Hall–Kier alpha value is -1.60. The molecule has 0 spiro atoms. The topological polar surface area (TPSA) is 57.9 Å². The van der Waals surface area contributed by atoms with Gasteiger partial charge in [-0.15, -0.1) is 0 Å². The molecule has 1 aromatic rings. The highest BCUT2D eigenvalue weighted by molar-refractivity contribution is 5.80. The summed E-state index contributed by atoms with van der Waals surface area (Å²) >= 11 is 0. The molecular weight excluding hydrogens is 316 g/mol. The zero-order valence-corrected chi connectivity index (χ0v) is 15.7. The molecule has 0 aliphatic carbocycles. The van der Waals surface area contributed by atoms with Gasteiger partial charge in [0.05, 0.1) is 19.3 Å². The molecule has 3 heterocycles. The summed E-state index contributed by atoms with van der Waals surface area (Å²) in [6.45, 7) is 7.21. The summed E-state index contributed by atoms with van der Waals surface area (Å²) in [5.41, 5.74) is 1.13. The standard InChI is InChI=1S/C18H32N6O/c1-19-18(20-7-3-4-8-23-9-5-6-10-23)24-11-12-25-17(15-24)16-13-21-22(2)14-16/h13-14,17H,3-12,15H2,1-2H3,(H,19,20). The number of aryl methyl sites for hydroxylation is 1. The Morgan fingerprint density at radius 3 is 2.88 bits per heavy atom. The van der Waals surface area contributed by atoms with Crippen LogP contribution in [0.25, 0.3) is 0 Å². The predicted molar refractivity (Wildman–Crippen MR) is 99.7 cm³/mol. The SMILES string of the molecule is CN=C(NCCCCN1CCCC1)N1CCOC(c2cnn(C)c2)C1. The minimum Gasteiger partial charge on any atom is -0.370 e. The van der Waals surface area contributed by atoms with Crippen molar-refractivity contribution in [2.24, 2.45) is 12.0 Å². The normalized spacial score (nSPS) is 22.6. The molecule has 2 aliphatic heterocycles. The van der Waals surface area contributed by atoms with Gasteiger partial charge in [0.15, 0.2) is 5.96 Å². The van der Waals surface area contributed by atoms with Crippen molar-refractivity contribution < 1.29 is 4.74 Å². The summed E-state index contributed by atoms with van der Waals surface area (Å²) in [4.78, 5) is 9.34. The Bertz CT molecular complexity index is 552. The molecule has 3 rings (SSSR count). The lowest BCUT2D eigenvalue weighted by molar-refractivity contribution is -0.00802. The number of unbranched alkanes of at least 4 members (excludes halogenated alkanes) is 1. The van der Waals surface area contributed by atoms with Crippen LogP contribution in [0.15, 0.2) is 17.4 Å². The molecule has 0 bridgehead atoms. The van der Waals surface area contributed by atoms with E-state index in [0.717, 1.165) is 37.8 Å². The zero-order valence-electron chi connectivity index (χ0n) is 15.7. The van der Waals surface area contributed by atoms with Crippen LogP contribution in [0.1, 0.15) is 37.4 Å². The molecule has 2 aliphatic rings. The summed E-state index contributed by atoms with van der Waals surface area (Å²) < 4.78 is 7.74. The van der Waals surface area contributed by atoms with Gasteiger partial charge in [0.25, 0.3) is 0 Å². The van der Waals surface area contributed by atoms with E-state index in [-0.39, 0.29) is 6.10 Å². The molecule has 1 unspecified atom stereocenters. The van der Waals surface area contributed by atoms with Crippen LogP contribution in [0.4, 0.5) is 0 Å². The van der Waals surface area contributed by atoms with Crippen molar-refractivity contribution in [3.05, 3.63) is 18.0 Å². The average Bonchev–Trinajstić information content (AvgIpc) is 3.30. The van der Waals surface area contributed by atoms with Gasteiger partial charge >= 0.3 is 0 Å². The Kier molecular flexibility index (Phi) is 6.69. The fourth-order valence-electron chi connectivity index (χ4n) is 3.65. The van der Waals surface area contributed by atoms with Crippen molar-refractivity contribution in [3.8, 4) is 0 Å². The lowest BCUT2D eigenvalue weighted by Gasteiger charge is -2.34. The summed E-state index contributed by atoms with van der Waals surface area (Å²) in [5.74, 6) is 0.985. The summed E-state index contributed by atoms with van der Waals surface area (Å²) in [5, 5.41) is 7.78. The van der Waals surface area contributed by atoms with E-state index in [1.54, 1.807) is 0 Å². The molecule has 7 heteroatoms. The van der Waals surface area contributed by atoms with Gasteiger partial charge < -0.3 is 19.9 Å². The van der Waals surface area contributed by atoms with Crippen molar-refractivity contribution in [2.75, 3.05) is 52.9 Å². The van der Waals surface area contributed by atoms with Crippen LogP contribution in [0.3, 0.4) is 0 Å². The van der Waals surface area contributed by atoms with Crippen molar-refractivity contribution in [1.29, 1.82) is 0 Å². The molecule has 2 saturated heterocycles. The maximum absolute atomic E-state index is 5.92. The summed E-state index contributed by atoms with van der Waals surface area (Å²) in [7, 11) is 3.80. The van der Waals surface area contributed by atoms with E-state index in [9.17, 15) is 0 Å². The van der Waals surface area contributed by atoms with E-state index in [4.69, 9.17) is 4.74 Å². The van der Waals surface area contributed by atoms with Gasteiger partial charge in [0, 0.05) is 38.9 Å². The van der Waals surface area contributed by atoms with Crippen LogP contribution in [-0.2, 0) is 11.8 Å². The molecule has 1 aromatic heterocycles. The highest BCUT2D eigenvalue weighted by atomic mass is 16.5. The van der Waals surface area contributed by atoms with Gasteiger partial charge in [-0.05, 0) is 45.3 Å². The largest absolute Gasteiger partial charge is 0.370 e. The van der Waals surface area contributed by atoms with Crippen molar-refractivity contribution in [1.82, 2.24) is 24.9 Å². The van der Waals surface area contributed by atoms with Gasteiger partial charge in [0.2, 0.25) is 0 Å². The molecule has 2 fully saturated rings. The van der Waals surface area contributed by atoms with Gasteiger partial charge in [0.1, 0.15) is 6.10 Å². The first-order chi connectivity index (χ1) is 12.3. The second kappa shape index (κ2) is 9.20. The van der Waals surface area contributed by atoms with E-state index in [1.807, 2.05) is 31.2 Å². The van der Waals surface area contributed by atoms with Gasteiger partial charge in [-0.3, -0.25) is 9.67 Å². The summed E-state index contributed by atoms with van der Waals surface area (Å²) in [6.07, 6.45) is 9.18. The van der Waals surface area contributed by atoms with Crippen LogP contribution < -0.4 is 5.32 Å². The molecule has 0 amide bonds. The Morgan fingerprint density at radius 2 is 2.16 bits per heavy atom. The molecule has 0 aromatic carbocycles. The zero-order chi connectivity index (χ0) is 17.5. The molecule has 0 saturated carbocycles. The number of guanidine groups is 1. The number of rotatable bonds is 6. The van der Waals surface area contributed by atoms with Crippen LogP contribution in [0, 0.1) is 0 Å². The second-order valence-electron chi connectivity index (χ2n) is 6.98. The lowest BCUT2D eigenvalue weighted by atomic mass is 10.1. The maximum atomic E-state index is 5.92. The van der Waals surface area contributed by atoms with Crippen LogP contribution in [0.2, 0.25) is 0 Å². The number of hydrogen-bond acceptors (Lipinski definition) is 4. The minimum atomic E-state index is 0.0659. The number of nitrogens with zero attached hydrogens (tertiary/aromatic N) is 5. The van der Waals surface area contributed by atoms with Crippen molar-refractivity contribution in [3.63, 3.8) is 0 Å². The highest BCUT2D eigenvalue weighted by Gasteiger charge is 2.25. The number of aliphatic imine (C=N–C) groups is 1. The molecule has 7 nitrogen and oxygen atoms in total. The number of likely N-dealkylation sites (tertiary alicyclic amines) is 1. The smallest absolute Gasteiger partial charge is 0.193 e. The van der Waals surface area contributed by atoms with Crippen molar-refractivity contribution >= 4 is 5.96 Å². The number of nitrogens with one attached hydrogen (secondary N) is 1. The third kappa shape index (κ3) is 5.19. The van der Waals surface area contributed by atoms with E-state index >= 15 is 0 Å². The quantitative estimate of drug-likeness (QED) is 0.476. The molecule has 1 atom stereocenters. The van der Waals surface area contributed by atoms with Gasteiger partial charge in [-0.1, -0.05) is 0 Å². The molecule has 0 radical (unpaired) electrons. The summed E-state index contributed by atoms with van der Waals surface area (Å²) in [6, 6.07) is 0.